The van der Waals surface area contributed by atoms with Crippen LogP contribution in [0, 0.1) is 0 Å². The highest BCUT2D eigenvalue weighted by Crippen LogP contribution is 2.30. The zero-order valence-corrected chi connectivity index (χ0v) is 9.60. The molecule has 0 unspecified atom stereocenters. The highest BCUT2D eigenvalue weighted by molar-refractivity contribution is 7.14. The maximum Gasteiger partial charge on any atom is 0.118 e. The lowest BCUT2D eigenvalue weighted by molar-refractivity contribution is 0.415. The fourth-order valence-electron chi connectivity index (χ4n) is 1.37. The summed E-state index contributed by atoms with van der Waals surface area (Å²) in [4.78, 5) is 1.27. The predicted octanol–water partition coefficient (Wildman–Crippen LogP) is 3.47. The highest BCUT2D eigenvalue weighted by Gasteiger charge is 2.01. The van der Waals surface area contributed by atoms with Gasteiger partial charge in [0.25, 0.3) is 0 Å². The smallest absolute Gasteiger partial charge is 0.118 e. The Morgan fingerprint density at radius 2 is 1.93 bits per heavy atom. The van der Waals surface area contributed by atoms with Gasteiger partial charge in [0.05, 0.1) is 7.11 Å². The van der Waals surface area contributed by atoms with Crippen molar-refractivity contribution in [2.45, 2.75) is 0 Å². The van der Waals surface area contributed by atoms with Gasteiger partial charge >= 0.3 is 0 Å². The zero-order chi connectivity index (χ0) is 10.7. The molecule has 2 aromatic rings. The molecular weight excluding hydrogens is 206 g/mol. The number of benzene rings is 1. The maximum atomic E-state index is 5.12. The summed E-state index contributed by atoms with van der Waals surface area (Å²) < 4.78 is 5.12. The predicted molar refractivity (Wildman–Crippen MR) is 65.9 cm³/mol. The molecule has 0 spiro atoms. The van der Waals surface area contributed by atoms with Crippen LogP contribution in [0.2, 0.25) is 0 Å². The zero-order valence-electron chi connectivity index (χ0n) is 8.78. The SMILES string of the molecule is CNc1csc(-c2ccc(OC)cc2)c1. The number of nitrogens with one attached hydrogen (secondary N) is 1. The van der Waals surface area contributed by atoms with Gasteiger partial charge in [-0.1, -0.05) is 0 Å². The summed E-state index contributed by atoms with van der Waals surface area (Å²) in [6.07, 6.45) is 0. The van der Waals surface area contributed by atoms with Gasteiger partial charge in [-0.25, -0.2) is 0 Å². The standard InChI is InChI=1S/C12H13NOS/c1-13-10-7-12(15-8-10)9-3-5-11(14-2)6-4-9/h3-8,13H,1-2H3. The number of ether oxygens (including phenoxy) is 1. The molecule has 0 atom stereocenters. The second kappa shape index (κ2) is 4.36. The van der Waals surface area contributed by atoms with E-state index in [1.807, 2.05) is 19.2 Å². The van der Waals surface area contributed by atoms with Crippen molar-refractivity contribution in [3.63, 3.8) is 0 Å². The number of rotatable bonds is 3. The van der Waals surface area contributed by atoms with E-state index in [0.717, 1.165) is 11.4 Å². The molecule has 1 N–H and O–H groups in total. The molecule has 0 fully saturated rings. The van der Waals surface area contributed by atoms with Crippen molar-refractivity contribution in [3.8, 4) is 16.2 Å². The van der Waals surface area contributed by atoms with Gasteiger partial charge in [-0.2, -0.15) is 0 Å². The summed E-state index contributed by atoms with van der Waals surface area (Å²) in [5, 5.41) is 5.24. The lowest BCUT2D eigenvalue weighted by Gasteiger charge is -2.00. The molecule has 2 nitrogen and oxygen atoms in total. The lowest BCUT2D eigenvalue weighted by atomic mass is 10.2. The molecule has 15 heavy (non-hydrogen) atoms. The first-order valence-electron chi connectivity index (χ1n) is 4.74. The highest BCUT2D eigenvalue weighted by atomic mass is 32.1. The molecule has 0 bridgehead atoms. The van der Waals surface area contributed by atoms with Gasteiger partial charge in [-0.3, -0.25) is 0 Å². The van der Waals surface area contributed by atoms with Gasteiger partial charge in [0.1, 0.15) is 5.75 Å². The van der Waals surface area contributed by atoms with E-state index in [1.165, 1.54) is 10.4 Å². The third-order valence-corrected chi connectivity index (χ3v) is 3.24. The molecule has 1 aromatic carbocycles. The van der Waals surface area contributed by atoms with E-state index in [2.05, 4.69) is 28.9 Å². The van der Waals surface area contributed by atoms with E-state index in [0.29, 0.717) is 0 Å². The normalized spacial score (nSPS) is 10.0. The van der Waals surface area contributed by atoms with Crippen LogP contribution in [-0.4, -0.2) is 14.2 Å². The third-order valence-electron chi connectivity index (χ3n) is 2.26. The van der Waals surface area contributed by atoms with Crippen LogP contribution in [0.25, 0.3) is 10.4 Å². The Balaban J connectivity index is 2.28. The molecule has 1 aromatic heterocycles. The Hall–Kier alpha value is -1.48. The van der Waals surface area contributed by atoms with E-state index < -0.39 is 0 Å². The Kier molecular flexibility index (Phi) is 2.92. The molecule has 0 aliphatic heterocycles. The number of hydrogen-bond donors (Lipinski definition) is 1. The van der Waals surface area contributed by atoms with Crippen LogP contribution >= 0.6 is 11.3 Å². The van der Waals surface area contributed by atoms with Gasteiger partial charge in [0, 0.05) is 23.0 Å². The number of thiophene rings is 1. The molecule has 3 heteroatoms. The van der Waals surface area contributed by atoms with E-state index in [9.17, 15) is 0 Å². The van der Waals surface area contributed by atoms with Crippen molar-refractivity contribution in [1.29, 1.82) is 0 Å². The van der Waals surface area contributed by atoms with E-state index in [-0.39, 0.29) is 0 Å². The number of hydrogen-bond acceptors (Lipinski definition) is 3. The van der Waals surface area contributed by atoms with E-state index in [1.54, 1.807) is 18.4 Å². The first kappa shape index (κ1) is 10.1. The Bertz CT molecular complexity index is 433. The van der Waals surface area contributed by atoms with Crippen molar-refractivity contribution >= 4 is 17.0 Å². The molecule has 0 radical (unpaired) electrons. The minimum absolute atomic E-state index is 0.893. The third kappa shape index (κ3) is 2.13. The summed E-state index contributed by atoms with van der Waals surface area (Å²) in [6.45, 7) is 0. The van der Waals surface area contributed by atoms with Crippen LogP contribution in [0.1, 0.15) is 0 Å². The van der Waals surface area contributed by atoms with Crippen molar-refractivity contribution in [1.82, 2.24) is 0 Å². The van der Waals surface area contributed by atoms with Crippen LogP contribution in [-0.2, 0) is 0 Å². The largest absolute Gasteiger partial charge is 0.497 e. The Labute approximate surface area is 93.5 Å². The summed E-state index contributed by atoms with van der Waals surface area (Å²) in [7, 11) is 3.61. The second-order valence-corrected chi connectivity index (χ2v) is 4.09. The average molecular weight is 219 g/mol. The van der Waals surface area contributed by atoms with Crippen molar-refractivity contribution < 1.29 is 4.74 Å². The average Bonchev–Trinajstić information content (AvgIpc) is 2.78. The fraction of sp³-hybridized carbons (Fsp3) is 0.167. The topological polar surface area (TPSA) is 21.3 Å². The molecular formula is C12H13NOS. The van der Waals surface area contributed by atoms with Crippen molar-refractivity contribution in [2.24, 2.45) is 0 Å². The fourth-order valence-corrected chi connectivity index (χ4v) is 2.28. The molecule has 0 saturated heterocycles. The molecule has 1 heterocycles. The van der Waals surface area contributed by atoms with Crippen LogP contribution in [0.15, 0.2) is 35.7 Å². The van der Waals surface area contributed by atoms with E-state index in [4.69, 9.17) is 4.74 Å². The molecule has 78 valence electrons. The number of anilines is 1. The minimum Gasteiger partial charge on any atom is -0.497 e. The van der Waals surface area contributed by atoms with Crippen molar-refractivity contribution in [3.05, 3.63) is 35.7 Å². The van der Waals surface area contributed by atoms with Crippen LogP contribution in [0.3, 0.4) is 0 Å². The molecule has 0 aliphatic rings. The van der Waals surface area contributed by atoms with Crippen LogP contribution < -0.4 is 10.1 Å². The summed E-state index contributed by atoms with van der Waals surface area (Å²) in [6, 6.07) is 10.3. The summed E-state index contributed by atoms with van der Waals surface area (Å²) in [5.41, 5.74) is 2.38. The molecule has 0 aliphatic carbocycles. The molecule has 2 rings (SSSR count). The first-order valence-corrected chi connectivity index (χ1v) is 5.62. The number of methoxy groups -OCH3 is 1. The Morgan fingerprint density at radius 3 is 2.47 bits per heavy atom. The van der Waals surface area contributed by atoms with Crippen molar-refractivity contribution in [2.75, 3.05) is 19.5 Å². The van der Waals surface area contributed by atoms with Gasteiger partial charge in [0.15, 0.2) is 0 Å². The monoisotopic (exact) mass is 219 g/mol. The lowest BCUT2D eigenvalue weighted by Crippen LogP contribution is -1.83. The minimum atomic E-state index is 0.893. The van der Waals surface area contributed by atoms with Gasteiger partial charge in [0.2, 0.25) is 0 Å². The quantitative estimate of drug-likeness (QED) is 0.853. The Morgan fingerprint density at radius 1 is 1.20 bits per heavy atom. The van der Waals surface area contributed by atoms with Crippen LogP contribution in [0.5, 0.6) is 5.75 Å². The second-order valence-electron chi connectivity index (χ2n) is 3.18. The van der Waals surface area contributed by atoms with Gasteiger partial charge in [-0.15, -0.1) is 11.3 Å². The van der Waals surface area contributed by atoms with Gasteiger partial charge < -0.3 is 10.1 Å². The van der Waals surface area contributed by atoms with Crippen LogP contribution in [0.4, 0.5) is 5.69 Å². The molecule has 0 amide bonds. The van der Waals surface area contributed by atoms with Gasteiger partial charge in [-0.05, 0) is 35.9 Å². The summed E-state index contributed by atoms with van der Waals surface area (Å²) >= 11 is 1.74. The maximum absolute atomic E-state index is 5.12. The molecule has 0 saturated carbocycles. The van der Waals surface area contributed by atoms with E-state index >= 15 is 0 Å². The first-order chi connectivity index (χ1) is 7.33. The summed E-state index contributed by atoms with van der Waals surface area (Å²) in [5.74, 6) is 0.893.